The highest BCUT2D eigenvalue weighted by Crippen LogP contribution is 2.42. The number of ketones is 1. The first kappa shape index (κ1) is 18.9. The van der Waals surface area contributed by atoms with Gasteiger partial charge in [0.05, 0.1) is 12.0 Å². The molecule has 1 amide bonds. The average Bonchev–Trinajstić information content (AvgIpc) is 2.73. The van der Waals surface area contributed by atoms with Gasteiger partial charge in [-0.1, -0.05) is 24.3 Å². The van der Waals surface area contributed by atoms with Crippen molar-refractivity contribution in [2.24, 2.45) is 0 Å². The maximum atomic E-state index is 13.1. The highest BCUT2D eigenvalue weighted by molar-refractivity contribution is 6.02. The van der Waals surface area contributed by atoms with E-state index < -0.39 is 4.92 Å². The van der Waals surface area contributed by atoms with Crippen LogP contribution in [0.25, 0.3) is 0 Å². The van der Waals surface area contributed by atoms with E-state index in [0.717, 1.165) is 16.9 Å². The number of non-ortho nitro benzene ring substituents is 1. The molecule has 0 bridgehead atoms. The summed E-state index contributed by atoms with van der Waals surface area (Å²) < 4.78 is 5.19. The van der Waals surface area contributed by atoms with E-state index in [4.69, 9.17) is 4.74 Å². The number of allylic oxidation sites excluding steroid dienone is 2. The van der Waals surface area contributed by atoms with E-state index >= 15 is 0 Å². The number of nitro benzene ring substituents is 1. The molecule has 1 aliphatic carbocycles. The van der Waals surface area contributed by atoms with Gasteiger partial charge in [-0.05, 0) is 35.6 Å². The third-order valence-electron chi connectivity index (χ3n) is 5.63. The fraction of sp³-hybridized carbons (Fsp3) is 0.273. The van der Waals surface area contributed by atoms with Crippen molar-refractivity contribution in [3.05, 3.63) is 81.0 Å². The standard InChI is InChI=1S/C22H20N2O5/c1-29-17-8-4-13(5-9-17)15-10-19-22(20(25)11-15)18(12-21(26)23-19)14-2-6-16(7-3-14)24(27)28/h2-9,15,18H,10-12H2,1H3,(H,23,26)/t15-,18-/m0/s1. The molecule has 7 heteroatoms. The van der Waals surface area contributed by atoms with Gasteiger partial charge in [0.1, 0.15) is 5.75 Å². The SMILES string of the molecule is COc1ccc([C@@H]2CC(=O)C3=C(C2)NC(=O)C[C@H]3c2ccc([N+](=O)[O-])cc2)cc1. The first-order chi connectivity index (χ1) is 14.0. The highest BCUT2D eigenvalue weighted by Gasteiger charge is 2.38. The molecular formula is C22H20N2O5. The van der Waals surface area contributed by atoms with Crippen LogP contribution in [0.1, 0.15) is 42.2 Å². The monoisotopic (exact) mass is 392 g/mol. The summed E-state index contributed by atoms with van der Waals surface area (Å²) in [6.45, 7) is 0. The van der Waals surface area contributed by atoms with Gasteiger partial charge in [0, 0.05) is 42.2 Å². The molecule has 0 saturated heterocycles. The summed E-state index contributed by atoms with van der Waals surface area (Å²) in [5.41, 5.74) is 3.05. The predicted octanol–water partition coefficient (Wildman–Crippen LogP) is 3.61. The van der Waals surface area contributed by atoms with E-state index in [1.165, 1.54) is 12.1 Å². The number of nitro groups is 1. The van der Waals surface area contributed by atoms with Gasteiger partial charge in [-0.3, -0.25) is 19.7 Å². The van der Waals surface area contributed by atoms with Crippen molar-refractivity contribution in [1.82, 2.24) is 5.32 Å². The van der Waals surface area contributed by atoms with Crippen LogP contribution >= 0.6 is 0 Å². The Morgan fingerprint density at radius 3 is 2.24 bits per heavy atom. The van der Waals surface area contributed by atoms with Crippen LogP contribution in [-0.4, -0.2) is 23.7 Å². The van der Waals surface area contributed by atoms with Gasteiger partial charge in [0.25, 0.3) is 5.69 Å². The third kappa shape index (κ3) is 3.63. The van der Waals surface area contributed by atoms with E-state index in [9.17, 15) is 19.7 Å². The van der Waals surface area contributed by atoms with Gasteiger partial charge in [0.2, 0.25) is 5.91 Å². The number of amides is 1. The Morgan fingerprint density at radius 2 is 1.62 bits per heavy atom. The van der Waals surface area contributed by atoms with E-state index in [-0.39, 0.29) is 35.6 Å². The van der Waals surface area contributed by atoms with Crippen LogP contribution in [0.4, 0.5) is 5.69 Å². The first-order valence-corrected chi connectivity index (χ1v) is 9.40. The van der Waals surface area contributed by atoms with Crippen molar-refractivity contribution >= 4 is 17.4 Å². The molecular weight excluding hydrogens is 372 g/mol. The van der Waals surface area contributed by atoms with Crippen LogP contribution in [0.2, 0.25) is 0 Å². The number of nitrogens with one attached hydrogen (secondary N) is 1. The number of nitrogens with zero attached hydrogens (tertiary/aromatic N) is 1. The fourth-order valence-electron chi connectivity index (χ4n) is 4.19. The molecule has 0 fully saturated rings. The van der Waals surface area contributed by atoms with Crippen LogP contribution in [0.15, 0.2) is 59.8 Å². The van der Waals surface area contributed by atoms with Crippen molar-refractivity contribution < 1.29 is 19.2 Å². The van der Waals surface area contributed by atoms with Gasteiger partial charge in [-0.2, -0.15) is 0 Å². The summed E-state index contributed by atoms with van der Waals surface area (Å²) in [6.07, 6.45) is 1.10. The number of Topliss-reactive ketones (excluding diaryl/α,β-unsaturated/α-hetero) is 1. The van der Waals surface area contributed by atoms with Gasteiger partial charge in [-0.15, -0.1) is 0 Å². The summed E-state index contributed by atoms with van der Waals surface area (Å²) in [5.74, 6) is 0.234. The molecule has 2 aliphatic rings. The quantitative estimate of drug-likeness (QED) is 0.633. The minimum Gasteiger partial charge on any atom is -0.497 e. The maximum absolute atomic E-state index is 13.1. The zero-order chi connectivity index (χ0) is 20.5. The molecule has 0 radical (unpaired) electrons. The van der Waals surface area contributed by atoms with Gasteiger partial charge >= 0.3 is 0 Å². The fourth-order valence-corrected chi connectivity index (χ4v) is 4.19. The summed E-state index contributed by atoms with van der Waals surface area (Å²) in [6, 6.07) is 13.7. The minimum absolute atomic E-state index is 0.00965. The summed E-state index contributed by atoms with van der Waals surface area (Å²) in [7, 11) is 1.60. The van der Waals surface area contributed by atoms with Crippen molar-refractivity contribution in [3.8, 4) is 5.75 Å². The smallest absolute Gasteiger partial charge is 0.269 e. The number of hydrogen-bond acceptors (Lipinski definition) is 5. The molecule has 0 spiro atoms. The summed E-state index contributed by atoms with van der Waals surface area (Å²) in [4.78, 5) is 35.8. The van der Waals surface area contributed by atoms with Crippen molar-refractivity contribution in [3.63, 3.8) is 0 Å². The molecule has 0 saturated carbocycles. The lowest BCUT2D eigenvalue weighted by Gasteiger charge is -2.34. The molecule has 1 N–H and O–H groups in total. The lowest BCUT2D eigenvalue weighted by Crippen LogP contribution is -2.38. The lowest BCUT2D eigenvalue weighted by atomic mass is 9.73. The molecule has 2 atom stereocenters. The number of methoxy groups -OCH3 is 1. The van der Waals surface area contributed by atoms with Crippen LogP contribution < -0.4 is 10.1 Å². The molecule has 0 aromatic heterocycles. The Bertz CT molecular complexity index is 1010. The van der Waals surface area contributed by atoms with E-state index in [1.807, 2.05) is 24.3 Å². The predicted molar refractivity (Wildman–Crippen MR) is 106 cm³/mol. The first-order valence-electron chi connectivity index (χ1n) is 9.40. The number of ether oxygens (including phenoxy) is 1. The third-order valence-corrected chi connectivity index (χ3v) is 5.63. The molecule has 1 aliphatic heterocycles. The van der Waals surface area contributed by atoms with Crippen molar-refractivity contribution in [2.75, 3.05) is 7.11 Å². The molecule has 2 aromatic carbocycles. The van der Waals surface area contributed by atoms with E-state index in [1.54, 1.807) is 19.2 Å². The molecule has 2 aromatic rings. The van der Waals surface area contributed by atoms with Crippen LogP contribution in [0.5, 0.6) is 5.75 Å². The molecule has 7 nitrogen and oxygen atoms in total. The Kier molecular flexibility index (Phi) is 4.88. The topological polar surface area (TPSA) is 98.5 Å². The van der Waals surface area contributed by atoms with E-state index in [2.05, 4.69) is 5.32 Å². The Hall–Kier alpha value is -3.48. The van der Waals surface area contributed by atoms with Crippen LogP contribution in [0, 0.1) is 10.1 Å². The summed E-state index contributed by atoms with van der Waals surface area (Å²) in [5, 5.41) is 13.8. The zero-order valence-corrected chi connectivity index (χ0v) is 15.9. The molecule has 29 heavy (non-hydrogen) atoms. The highest BCUT2D eigenvalue weighted by atomic mass is 16.6. The second-order valence-corrected chi connectivity index (χ2v) is 7.35. The summed E-state index contributed by atoms with van der Waals surface area (Å²) >= 11 is 0. The lowest BCUT2D eigenvalue weighted by molar-refractivity contribution is -0.384. The molecule has 4 rings (SSSR count). The normalized spacial score (nSPS) is 21.4. The second-order valence-electron chi connectivity index (χ2n) is 7.35. The Labute approximate surface area is 167 Å². The maximum Gasteiger partial charge on any atom is 0.269 e. The van der Waals surface area contributed by atoms with Crippen LogP contribution in [-0.2, 0) is 9.59 Å². The number of benzene rings is 2. The largest absolute Gasteiger partial charge is 0.497 e. The number of hydrogen-bond donors (Lipinski definition) is 1. The molecule has 0 unspecified atom stereocenters. The average molecular weight is 392 g/mol. The molecule has 1 heterocycles. The van der Waals surface area contributed by atoms with Crippen molar-refractivity contribution in [1.29, 1.82) is 0 Å². The van der Waals surface area contributed by atoms with Gasteiger partial charge < -0.3 is 10.1 Å². The number of carbonyl (C=O) groups excluding carboxylic acids is 2. The Balaban J connectivity index is 1.66. The van der Waals surface area contributed by atoms with Crippen LogP contribution in [0.3, 0.4) is 0 Å². The van der Waals surface area contributed by atoms with Crippen molar-refractivity contribution in [2.45, 2.75) is 31.1 Å². The number of rotatable bonds is 4. The molecule has 148 valence electrons. The van der Waals surface area contributed by atoms with Gasteiger partial charge in [0.15, 0.2) is 5.78 Å². The van der Waals surface area contributed by atoms with E-state index in [0.29, 0.717) is 24.1 Å². The zero-order valence-electron chi connectivity index (χ0n) is 15.9. The number of carbonyl (C=O) groups is 2. The second kappa shape index (κ2) is 7.50. The Morgan fingerprint density at radius 1 is 0.966 bits per heavy atom. The minimum atomic E-state index is -0.465. The van der Waals surface area contributed by atoms with Gasteiger partial charge in [-0.25, -0.2) is 0 Å².